The summed E-state index contributed by atoms with van der Waals surface area (Å²) in [5.74, 6) is -0.0191. The van der Waals surface area contributed by atoms with Gasteiger partial charge in [-0.25, -0.2) is 4.98 Å². The van der Waals surface area contributed by atoms with Crippen molar-refractivity contribution in [1.82, 2.24) is 14.3 Å². The SMILES string of the molecule is Cc1nsc(N2CCN(C(=O)c3cscn3)[C@@H](C)C2)c1C#N. The molecule has 1 aliphatic heterocycles. The fourth-order valence-electron chi connectivity index (χ4n) is 2.61. The zero-order valence-corrected chi connectivity index (χ0v) is 13.9. The van der Waals surface area contributed by atoms with Crippen molar-refractivity contribution in [2.24, 2.45) is 0 Å². The summed E-state index contributed by atoms with van der Waals surface area (Å²) in [6.45, 7) is 5.91. The number of nitriles is 1. The second-order valence-corrected chi connectivity index (χ2v) is 6.70. The smallest absolute Gasteiger partial charge is 0.273 e. The molecular formula is C14H15N5OS2. The average Bonchev–Trinajstić information content (AvgIpc) is 3.15. The van der Waals surface area contributed by atoms with Crippen LogP contribution in [0.5, 0.6) is 0 Å². The molecule has 8 heteroatoms. The highest BCUT2D eigenvalue weighted by Crippen LogP contribution is 2.30. The van der Waals surface area contributed by atoms with Crippen molar-refractivity contribution in [2.45, 2.75) is 19.9 Å². The lowest BCUT2D eigenvalue weighted by Crippen LogP contribution is -2.54. The van der Waals surface area contributed by atoms with Gasteiger partial charge < -0.3 is 9.80 Å². The fourth-order valence-corrected chi connectivity index (χ4v) is 4.02. The number of anilines is 1. The first kappa shape index (κ1) is 14.9. The average molecular weight is 333 g/mol. The molecule has 0 radical (unpaired) electrons. The number of nitrogens with zero attached hydrogens (tertiary/aromatic N) is 5. The van der Waals surface area contributed by atoms with Crippen molar-refractivity contribution in [3.05, 3.63) is 27.8 Å². The topological polar surface area (TPSA) is 73.1 Å². The van der Waals surface area contributed by atoms with E-state index in [2.05, 4.69) is 20.3 Å². The predicted octanol–water partition coefficient (Wildman–Crippen LogP) is 2.13. The van der Waals surface area contributed by atoms with Gasteiger partial charge in [0.15, 0.2) is 0 Å². The van der Waals surface area contributed by atoms with Gasteiger partial charge in [0.25, 0.3) is 5.91 Å². The van der Waals surface area contributed by atoms with Gasteiger partial charge in [0.1, 0.15) is 22.3 Å². The van der Waals surface area contributed by atoms with Crippen LogP contribution in [0.3, 0.4) is 0 Å². The molecule has 0 saturated carbocycles. The van der Waals surface area contributed by atoms with Gasteiger partial charge in [-0.05, 0) is 25.4 Å². The number of aromatic nitrogens is 2. The van der Waals surface area contributed by atoms with E-state index < -0.39 is 0 Å². The number of hydrogen-bond acceptors (Lipinski definition) is 7. The van der Waals surface area contributed by atoms with Crippen molar-refractivity contribution >= 4 is 33.8 Å². The number of aryl methyl sites for hydroxylation is 1. The minimum absolute atomic E-state index is 0.0191. The molecule has 3 heterocycles. The van der Waals surface area contributed by atoms with Gasteiger partial charge in [-0.15, -0.1) is 11.3 Å². The Morgan fingerprint density at radius 1 is 1.50 bits per heavy atom. The Hall–Kier alpha value is -1.98. The third kappa shape index (κ3) is 2.58. The van der Waals surface area contributed by atoms with E-state index in [-0.39, 0.29) is 11.9 Å². The standard InChI is InChI=1S/C14H15N5OS2/c1-9-6-18(14-11(5-15)10(2)17-22-14)3-4-19(9)13(20)12-7-21-8-16-12/h7-9H,3-4,6H2,1-2H3/t9-/m0/s1. The van der Waals surface area contributed by atoms with Gasteiger partial charge >= 0.3 is 0 Å². The molecule has 6 nitrogen and oxygen atoms in total. The van der Waals surface area contributed by atoms with Crippen LogP contribution in [0.2, 0.25) is 0 Å². The Labute approximate surface area is 136 Å². The summed E-state index contributed by atoms with van der Waals surface area (Å²) in [6.07, 6.45) is 0. The first-order valence-electron chi connectivity index (χ1n) is 6.92. The number of carbonyl (C=O) groups is 1. The van der Waals surface area contributed by atoms with E-state index in [4.69, 9.17) is 0 Å². The molecule has 1 atom stereocenters. The van der Waals surface area contributed by atoms with Gasteiger partial charge in [-0.2, -0.15) is 9.64 Å². The number of rotatable bonds is 2. The van der Waals surface area contributed by atoms with E-state index in [0.717, 1.165) is 10.7 Å². The lowest BCUT2D eigenvalue weighted by atomic mass is 10.1. The second-order valence-electron chi connectivity index (χ2n) is 5.23. The monoisotopic (exact) mass is 333 g/mol. The van der Waals surface area contributed by atoms with Crippen LogP contribution in [-0.2, 0) is 0 Å². The summed E-state index contributed by atoms with van der Waals surface area (Å²) in [7, 11) is 0. The molecule has 2 aromatic rings. The van der Waals surface area contributed by atoms with Crippen LogP contribution in [0.15, 0.2) is 10.9 Å². The highest BCUT2D eigenvalue weighted by atomic mass is 32.1. The molecule has 0 unspecified atom stereocenters. The zero-order valence-electron chi connectivity index (χ0n) is 12.3. The third-order valence-corrected chi connectivity index (χ3v) is 5.37. The Balaban J connectivity index is 1.75. The van der Waals surface area contributed by atoms with Crippen LogP contribution < -0.4 is 4.90 Å². The van der Waals surface area contributed by atoms with Crippen molar-refractivity contribution in [1.29, 1.82) is 5.26 Å². The Morgan fingerprint density at radius 2 is 2.32 bits per heavy atom. The van der Waals surface area contributed by atoms with Crippen molar-refractivity contribution < 1.29 is 4.79 Å². The maximum Gasteiger partial charge on any atom is 0.273 e. The molecule has 22 heavy (non-hydrogen) atoms. The summed E-state index contributed by atoms with van der Waals surface area (Å²) in [5.41, 5.74) is 3.61. The molecule has 1 amide bonds. The normalized spacial score (nSPS) is 18.3. The number of amides is 1. The van der Waals surface area contributed by atoms with Crippen molar-refractivity contribution in [3.63, 3.8) is 0 Å². The molecular weight excluding hydrogens is 318 g/mol. The van der Waals surface area contributed by atoms with Crippen LogP contribution >= 0.6 is 22.9 Å². The van der Waals surface area contributed by atoms with Gasteiger partial charge in [-0.3, -0.25) is 4.79 Å². The lowest BCUT2D eigenvalue weighted by Gasteiger charge is -2.40. The van der Waals surface area contributed by atoms with Crippen LogP contribution in [0.25, 0.3) is 0 Å². The summed E-state index contributed by atoms with van der Waals surface area (Å²) in [6, 6.07) is 2.30. The number of thiazole rings is 1. The predicted molar refractivity (Wildman–Crippen MR) is 86.4 cm³/mol. The molecule has 0 aliphatic carbocycles. The van der Waals surface area contributed by atoms with Gasteiger partial charge in [0.05, 0.1) is 11.2 Å². The number of carbonyl (C=O) groups excluding carboxylic acids is 1. The quantitative estimate of drug-likeness (QED) is 0.842. The second kappa shape index (κ2) is 6.02. The summed E-state index contributed by atoms with van der Waals surface area (Å²) in [4.78, 5) is 20.5. The minimum Gasteiger partial charge on any atom is -0.357 e. The largest absolute Gasteiger partial charge is 0.357 e. The molecule has 0 spiro atoms. The van der Waals surface area contributed by atoms with E-state index in [0.29, 0.717) is 30.9 Å². The number of piperazine rings is 1. The zero-order chi connectivity index (χ0) is 15.7. The Bertz CT molecular complexity index is 718. The molecule has 1 saturated heterocycles. The van der Waals surface area contributed by atoms with E-state index in [9.17, 15) is 10.1 Å². The summed E-state index contributed by atoms with van der Waals surface area (Å²) in [5, 5.41) is 12.0. The Kier molecular flexibility index (Phi) is 4.09. The highest BCUT2D eigenvalue weighted by molar-refractivity contribution is 7.10. The summed E-state index contributed by atoms with van der Waals surface area (Å²) < 4.78 is 4.27. The van der Waals surface area contributed by atoms with E-state index >= 15 is 0 Å². The van der Waals surface area contributed by atoms with Gasteiger partial charge in [0.2, 0.25) is 0 Å². The molecule has 0 bridgehead atoms. The molecule has 114 valence electrons. The first-order valence-corrected chi connectivity index (χ1v) is 8.64. The van der Waals surface area contributed by atoms with Crippen LogP contribution in [0, 0.1) is 18.3 Å². The van der Waals surface area contributed by atoms with E-state index in [1.165, 1.54) is 22.9 Å². The van der Waals surface area contributed by atoms with Gasteiger partial charge in [-0.1, -0.05) is 0 Å². The van der Waals surface area contributed by atoms with Crippen LogP contribution in [-0.4, -0.2) is 45.8 Å². The molecule has 0 aromatic carbocycles. The molecule has 1 aliphatic rings. The van der Waals surface area contributed by atoms with Crippen molar-refractivity contribution in [2.75, 3.05) is 24.5 Å². The van der Waals surface area contributed by atoms with Crippen LogP contribution in [0.4, 0.5) is 5.00 Å². The van der Waals surface area contributed by atoms with E-state index in [1.807, 2.05) is 18.7 Å². The maximum atomic E-state index is 12.4. The molecule has 1 fully saturated rings. The first-order chi connectivity index (χ1) is 10.6. The number of hydrogen-bond donors (Lipinski definition) is 0. The highest BCUT2D eigenvalue weighted by Gasteiger charge is 2.30. The van der Waals surface area contributed by atoms with Crippen LogP contribution in [0.1, 0.15) is 28.7 Å². The minimum atomic E-state index is -0.0191. The Morgan fingerprint density at radius 3 is 2.95 bits per heavy atom. The third-order valence-electron chi connectivity index (χ3n) is 3.78. The van der Waals surface area contributed by atoms with Gasteiger partial charge in [0, 0.05) is 31.1 Å². The molecule has 0 N–H and O–H groups in total. The maximum absolute atomic E-state index is 12.4. The summed E-state index contributed by atoms with van der Waals surface area (Å²) >= 11 is 2.78. The van der Waals surface area contributed by atoms with Crippen molar-refractivity contribution in [3.8, 4) is 6.07 Å². The fraction of sp³-hybridized carbons (Fsp3) is 0.429. The molecule has 3 rings (SSSR count). The lowest BCUT2D eigenvalue weighted by molar-refractivity contribution is 0.0669. The van der Waals surface area contributed by atoms with E-state index in [1.54, 1.807) is 10.9 Å². The molecule has 2 aromatic heterocycles.